The molecule has 1 aromatic heterocycles. The summed E-state index contributed by atoms with van der Waals surface area (Å²) in [5.41, 5.74) is 1.79. The van der Waals surface area contributed by atoms with Crippen LogP contribution in [0.4, 0.5) is 0 Å². The summed E-state index contributed by atoms with van der Waals surface area (Å²) in [7, 11) is 5.83. The van der Waals surface area contributed by atoms with Crippen LogP contribution in [-0.2, 0) is 9.53 Å². The lowest BCUT2D eigenvalue weighted by Crippen LogP contribution is -2.63. The van der Waals surface area contributed by atoms with Crippen LogP contribution in [0.5, 0.6) is 0 Å². The molecule has 1 amide bonds. The Morgan fingerprint density at radius 2 is 1.71 bits per heavy atom. The van der Waals surface area contributed by atoms with Crippen molar-refractivity contribution in [3.63, 3.8) is 0 Å². The van der Waals surface area contributed by atoms with Gasteiger partial charge in [-0.2, -0.15) is 0 Å². The van der Waals surface area contributed by atoms with Gasteiger partial charge in [-0.15, -0.1) is 0 Å². The van der Waals surface area contributed by atoms with Gasteiger partial charge in [0.1, 0.15) is 0 Å². The summed E-state index contributed by atoms with van der Waals surface area (Å²) in [6, 6.07) is 5.78. The molecule has 166 valence electrons. The van der Waals surface area contributed by atoms with Gasteiger partial charge in [0.15, 0.2) is 5.76 Å². The van der Waals surface area contributed by atoms with Gasteiger partial charge in [0.25, 0.3) is 5.91 Å². The summed E-state index contributed by atoms with van der Waals surface area (Å²) in [5.74, 6) is 0.968. The van der Waals surface area contributed by atoms with E-state index < -0.39 is 0 Å². The minimum atomic E-state index is -0.170. The van der Waals surface area contributed by atoms with E-state index in [-0.39, 0.29) is 11.9 Å². The lowest BCUT2D eigenvalue weighted by molar-refractivity contribution is -0.123. The Labute approximate surface area is 192 Å². The number of allylic oxidation sites excluding steroid dienone is 2. The van der Waals surface area contributed by atoms with Crippen molar-refractivity contribution in [1.82, 2.24) is 20.1 Å². The predicted octanol–water partition coefficient (Wildman–Crippen LogP) is 3.63. The maximum Gasteiger partial charge on any atom is 0.286 e. The third kappa shape index (κ3) is 4.93. The summed E-state index contributed by atoms with van der Waals surface area (Å²) in [6.45, 7) is 3.97. The number of carbonyl (C=O) groups is 1. The summed E-state index contributed by atoms with van der Waals surface area (Å²) in [5, 5.41) is 5.24. The first-order chi connectivity index (χ1) is 14.8. The molecule has 31 heavy (non-hydrogen) atoms. The fourth-order valence-corrected chi connectivity index (χ4v) is 5.21. The molecule has 0 spiro atoms. The Kier molecular flexibility index (Phi) is 6.63. The first-order valence-corrected chi connectivity index (χ1v) is 11.2. The molecule has 1 aromatic carbocycles. The summed E-state index contributed by atoms with van der Waals surface area (Å²) in [6.07, 6.45) is 5.38. The molecule has 2 saturated heterocycles. The number of likely N-dealkylation sites (tertiary alicyclic amines) is 2. The fourth-order valence-electron chi connectivity index (χ4n) is 4.88. The third-order valence-electron chi connectivity index (χ3n) is 6.15. The number of nitrogens with one attached hydrogen (secondary N) is 2. The summed E-state index contributed by atoms with van der Waals surface area (Å²) < 4.78 is 5.38. The van der Waals surface area contributed by atoms with Gasteiger partial charge in [0.05, 0.1) is 17.2 Å². The number of ether oxygens (including phenoxy) is 1. The zero-order valence-electron chi connectivity index (χ0n) is 18.0. The maximum atomic E-state index is 12.9. The fraction of sp³-hybridized carbons (Fsp3) is 0.435. The Morgan fingerprint density at radius 1 is 1.10 bits per heavy atom. The van der Waals surface area contributed by atoms with Crippen molar-refractivity contribution in [3.05, 3.63) is 51.8 Å². The molecule has 2 bridgehead atoms. The van der Waals surface area contributed by atoms with Crippen molar-refractivity contribution in [3.8, 4) is 0 Å². The molecule has 8 heteroatoms. The smallest absolute Gasteiger partial charge is 0.286 e. The average molecular weight is 463 g/mol. The number of aromatic amines is 1. The standard InChI is InChI=1S/C23H28Cl2N4O2/c1-28-10-15-12-29(2)13-16(11-28)22(15)27-23(30)21(31-3)6-4-5-17-7-14-8-18(24)19(25)9-20(14)26-17/h4-9,15-16,22,26H,10-13H2,1-3H3,(H,27,30). The molecule has 2 N–H and O–H groups in total. The Balaban J connectivity index is 1.45. The third-order valence-corrected chi connectivity index (χ3v) is 6.87. The minimum absolute atomic E-state index is 0.170. The molecule has 2 aliphatic heterocycles. The Hall–Kier alpha value is -1.99. The molecule has 6 nitrogen and oxygen atoms in total. The van der Waals surface area contributed by atoms with E-state index in [0.717, 1.165) is 42.8 Å². The Bertz CT molecular complexity index is 963. The Morgan fingerprint density at radius 3 is 2.32 bits per heavy atom. The molecule has 0 atom stereocenters. The van der Waals surface area contributed by atoms with Crippen molar-refractivity contribution in [1.29, 1.82) is 0 Å². The number of halogens is 2. The van der Waals surface area contributed by atoms with E-state index in [1.165, 1.54) is 7.11 Å². The zero-order chi connectivity index (χ0) is 22.1. The van der Waals surface area contributed by atoms with E-state index >= 15 is 0 Å². The highest BCUT2D eigenvalue weighted by atomic mass is 35.5. The van der Waals surface area contributed by atoms with Crippen LogP contribution in [0, 0.1) is 11.8 Å². The number of nitrogens with zero attached hydrogens (tertiary/aromatic N) is 2. The van der Waals surface area contributed by atoms with Gasteiger partial charge < -0.3 is 24.8 Å². The topological polar surface area (TPSA) is 60.6 Å². The van der Waals surface area contributed by atoms with Gasteiger partial charge in [-0.25, -0.2) is 0 Å². The van der Waals surface area contributed by atoms with E-state index in [4.69, 9.17) is 27.9 Å². The highest BCUT2D eigenvalue weighted by molar-refractivity contribution is 6.42. The second-order valence-electron chi connectivity index (χ2n) is 8.63. The van der Waals surface area contributed by atoms with Crippen LogP contribution >= 0.6 is 23.2 Å². The number of hydrogen-bond acceptors (Lipinski definition) is 4. The largest absolute Gasteiger partial charge is 0.491 e. The molecule has 4 rings (SSSR count). The number of rotatable bonds is 5. The molecule has 2 aromatic rings. The van der Waals surface area contributed by atoms with Crippen LogP contribution < -0.4 is 5.32 Å². The predicted molar refractivity (Wildman–Crippen MR) is 126 cm³/mol. The molecule has 0 radical (unpaired) electrons. The van der Waals surface area contributed by atoms with Crippen LogP contribution in [0.25, 0.3) is 17.0 Å². The number of methoxy groups -OCH3 is 1. The number of piperidine rings is 2. The number of fused-ring (bicyclic) bond motifs is 3. The summed E-state index contributed by atoms with van der Waals surface area (Å²) >= 11 is 12.2. The van der Waals surface area contributed by atoms with Gasteiger partial charge in [0, 0.05) is 60.7 Å². The number of carbonyl (C=O) groups excluding carboxylic acids is 1. The number of hydrogen-bond donors (Lipinski definition) is 2. The molecule has 0 saturated carbocycles. The van der Waals surface area contributed by atoms with Gasteiger partial charge in [-0.1, -0.05) is 29.3 Å². The minimum Gasteiger partial charge on any atom is -0.491 e. The van der Waals surface area contributed by atoms with Gasteiger partial charge in [0.2, 0.25) is 0 Å². The number of benzene rings is 1. The van der Waals surface area contributed by atoms with Crippen molar-refractivity contribution in [2.45, 2.75) is 6.04 Å². The van der Waals surface area contributed by atoms with Crippen molar-refractivity contribution in [2.24, 2.45) is 11.8 Å². The monoisotopic (exact) mass is 462 g/mol. The lowest BCUT2D eigenvalue weighted by atomic mass is 9.79. The van der Waals surface area contributed by atoms with Crippen LogP contribution in [0.1, 0.15) is 5.69 Å². The van der Waals surface area contributed by atoms with Crippen LogP contribution in [0.15, 0.2) is 36.1 Å². The van der Waals surface area contributed by atoms with Crippen molar-refractivity contribution in [2.75, 3.05) is 47.4 Å². The highest BCUT2D eigenvalue weighted by Gasteiger charge is 2.41. The second kappa shape index (κ2) is 9.25. The van der Waals surface area contributed by atoms with Gasteiger partial charge in [-0.05, 0) is 44.4 Å². The van der Waals surface area contributed by atoms with Crippen LogP contribution in [-0.4, -0.2) is 74.1 Å². The SMILES string of the molecule is COC(=CC=Cc1cc2cc(Cl)c(Cl)cc2[nH]1)C(=O)NC1C2CN(C)CC1CN(C)C2. The quantitative estimate of drug-likeness (QED) is 0.404. The first kappa shape index (κ1) is 22.2. The molecule has 0 aliphatic carbocycles. The van der Waals surface area contributed by atoms with E-state index in [1.807, 2.05) is 18.2 Å². The first-order valence-electron chi connectivity index (χ1n) is 10.4. The average Bonchev–Trinajstić information content (AvgIpc) is 3.08. The van der Waals surface area contributed by atoms with Crippen molar-refractivity contribution < 1.29 is 9.53 Å². The van der Waals surface area contributed by atoms with Gasteiger partial charge >= 0.3 is 0 Å². The van der Waals surface area contributed by atoms with E-state index in [0.29, 0.717) is 27.6 Å². The normalized spacial score (nSPS) is 25.3. The molecule has 3 heterocycles. The molecular formula is C23H28Cl2N4O2. The molecule has 2 fully saturated rings. The lowest BCUT2D eigenvalue weighted by Gasteiger charge is -2.49. The van der Waals surface area contributed by atoms with E-state index in [9.17, 15) is 4.79 Å². The van der Waals surface area contributed by atoms with E-state index in [1.54, 1.807) is 18.2 Å². The van der Waals surface area contributed by atoms with E-state index in [2.05, 4.69) is 34.2 Å². The number of amides is 1. The number of aromatic nitrogens is 1. The molecular weight excluding hydrogens is 435 g/mol. The second-order valence-corrected chi connectivity index (χ2v) is 9.45. The molecule has 2 aliphatic rings. The van der Waals surface area contributed by atoms with Crippen LogP contribution in [0.3, 0.4) is 0 Å². The maximum absolute atomic E-state index is 12.9. The van der Waals surface area contributed by atoms with Crippen molar-refractivity contribution >= 4 is 46.1 Å². The van der Waals surface area contributed by atoms with Gasteiger partial charge in [-0.3, -0.25) is 4.79 Å². The van der Waals surface area contributed by atoms with Crippen LogP contribution in [0.2, 0.25) is 10.0 Å². The highest BCUT2D eigenvalue weighted by Crippen LogP contribution is 2.29. The molecule has 0 unspecified atom stereocenters. The summed E-state index contributed by atoms with van der Waals surface area (Å²) in [4.78, 5) is 20.9. The number of H-pyrrole nitrogens is 1. The zero-order valence-corrected chi connectivity index (χ0v) is 19.5.